The molecule has 1 aliphatic rings. The van der Waals surface area contributed by atoms with Crippen molar-refractivity contribution in [3.05, 3.63) is 78.2 Å². The van der Waals surface area contributed by atoms with Gasteiger partial charge in [-0.15, -0.1) is 0 Å². The van der Waals surface area contributed by atoms with E-state index < -0.39 is 11.7 Å². The molecule has 7 nitrogen and oxygen atoms in total. The van der Waals surface area contributed by atoms with Crippen LogP contribution in [0.2, 0.25) is 0 Å². The number of primary amides is 1. The molecule has 1 aliphatic heterocycles. The van der Waals surface area contributed by atoms with Gasteiger partial charge in [0.1, 0.15) is 17.3 Å². The lowest BCUT2D eigenvalue weighted by atomic mass is 10.00. The number of halogens is 1. The van der Waals surface area contributed by atoms with Gasteiger partial charge in [0.25, 0.3) is 11.8 Å². The van der Waals surface area contributed by atoms with E-state index in [0.29, 0.717) is 41.9 Å². The fraction of sp³-hybridized carbons (Fsp3) is 0.172. The van der Waals surface area contributed by atoms with Gasteiger partial charge in [0.2, 0.25) is 0 Å². The number of hydrogen-bond donors (Lipinski definition) is 3. The van der Waals surface area contributed by atoms with E-state index in [2.05, 4.69) is 22.1 Å². The molecule has 1 saturated heterocycles. The first-order chi connectivity index (χ1) is 17.9. The molecular weight excluding hydrogens is 471 g/mol. The highest BCUT2D eigenvalue weighted by molar-refractivity contribution is 6.13. The second-order valence-electron chi connectivity index (χ2n) is 8.79. The summed E-state index contributed by atoms with van der Waals surface area (Å²) in [5.74, 6) is 4.81. The maximum atomic E-state index is 15.6. The minimum Gasteiger partial charge on any atom is -0.457 e. The third-order valence-corrected chi connectivity index (χ3v) is 6.37. The largest absolute Gasteiger partial charge is 0.457 e. The van der Waals surface area contributed by atoms with Crippen molar-refractivity contribution >= 4 is 28.4 Å². The van der Waals surface area contributed by atoms with Gasteiger partial charge in [0, 0.05) is 36.3 Å². The zero-order valence-corrected chi connectivity index (χ0v) is 20.2. The Kier molecular flexibility index (Phi) is 6.52. The molecule has 0 unspecified atom stereocenters. The third-order valence-electron chi connectivity index (χ3n) is 6.37. The number of anilines is 1. The molecule has 1 atom stereocenters. The van der Waals surface area contributed by atoms with Crippen LogP contribution in [-0.2, 0) is 4.79 Å². The van der Waals surface area contributed by atoms with Gasteiger partial charge in [0.05, 0.1) is 16.8 Å². The van der Waals surface area contributed by atoms with Crippen LogP contribution in [0.3, 0.4) is 0 Å². The minimum atomic E-state index is -0.722. The standard InChI is InChI=1S/C29H25FN4O3/c1-2-6-25(35)33-19-13-14-34(17-19)28-24(30)15-22(29(31)36)27-26(28)23(16-32-27)18-9-11-21(12-10-18)37-20-7-4-3-5-8-20/h3-5,7-12,15-16,19,32H,13-14,17H2,1H3,(H2,31,36)(H,33,35)/t19-/m0/s1. The molecule has 8 heteroatoms. The average Bonchev–Trinajstić information content (AvgIpc) is 3.52. The van der Waals surface area contributed by atoms with Crippen LogP contribution < -0.4 is 20.7 Å². The molecule has 2 amide bonds. The molecule has 0 radical (unpaired) electrons. The molecule has 186 valence electrons. The Morgan fingerprint density at radius 1 is 1.14 bits per heavy atom. The van der Waals surface area contributed by atoms with Crippen LogP contribution in [0.15, 0.2) is 66.9 Å². The van der Waals surface area contributed by atoms with Gasteiger partial charge in [-0.05, 0) is 55.2 Å². The van der Waals surface area contributed by atoms with E-state index >= 15 is 4.39 Å². The first-order valence-electron chi connectivity index (χ1n) is 11.9. The number of hydrogen-bond acceptors (Lipinski definition) is 4. The number of nitrogens with one attached hydrogen (secondary N) is 2. The van der Waals surface area contributed by atoms with Crippen molar-refractivity contribution < 1.29 is 18.7 Å². The van der Waals surface area contributed by atoms with Crippen LogP contribution in [-0.4, -0.2) is 35.9 Å². The summed E-state index contributed by atoms with van der Waals surface area (Å²) < 4.78 is 21.5. The highest BCUT2D eigenvalue weighted by atomic mass is 19.1. The topological polar surface area (TPSA) is 100 Å². The van der Waals surface area contributed by atoms with Crippen molar-refractivity contribution in [2.24, 2.45) is 5.73 Å². The summed E-state index contributed by atoms with van der Waals surface area (Å²) in [4.78, 5) is 29.1. The lowest BCUT2D eigenvalue weighted by Crippen LogP contribution is -2.36. The molecule has 3 aromatic carbocycles. The highest BCUT2D eigenvalue weighted by Gasteiger charge is 2.30. The molecule has 2 heterocycles. The number of amides is 2. The van der Waals surface area contributed by atoms with Crippen LogP contribution >= 0.6 is 0 Å². The van der Waals surface area contributed by atoms with E-state index in [1.807, 2.05) is 59.5 Å². The molecule has 1 fully saturated rings. The summed E-state index contributed by atoms with van der Waals surface area (Å²) in [6.45, 7) is 2.54. The smallest absolute Gasteiger partial charge is 0.296 e. The van der Waals surface area contributed by atoms with Gasteiger partial charge in [-0.25, -0.2) is 4.39 Å². The van der Waals surface area contributed by atoms with Crippen molar-refractivity contribution in [1.29, 1.82) is 0 Å². The van der Waals surface area contributed by atoms with Gasteiger partial charge in [-0.3, -0.25) is 9.59 Å². The molecule has 5 rings (SSSR count). The molecule has 0 spiro atoms. The number of aromatic amines is 1. The van der Waals surface area contributed by atoms with Crippen LogP contribution in [0.25, 0.3) is 22.0 Å². The van der Waals surface area contributed by atoms with E-state index in [1.165, 1.54) is 6.07 Å². The van der Waals surface area contributed by atoms with E-state index in [1.54, 1.807) is 13.1 Å². The number of aromatic nitrogens is 1. The average molecular weight is 497 g/mol. The minimum absolute atomic E-state index is 0.0776. The second kappa shape index (κ2) is 10.1. The Labute approximate surface area is 213 Å². The van der Waals surface area contributed by atoms with Gasteiger partial charge in [0.15, 0.2) is 0 Å². The first kappa shape index (κ1) is 23.9. The molecule has 37 heavy (non-hydrogen) atoms. The number of carbonyl (C=O) groups excluding carboxylic acids is 2. The van der Waals surface area contributed by atoms with Crippen LogP contribution in [0.1, 0.15) is 23.7 Å². The quantitative estimate of drug-likeness (QED) is 0.340. The number of H-pyrrole nitrogens is 1. The van der Waals surface area contributed by atoms with E-state index in [9.17, 15) is 9.59 Å². The number of benzene rings is 3. The Bertz CT molecular complexity index is 1530. The summed E-state index contributed by atoms with van der Waals surface area (Å²) in [5.41, 5.74) is 8.03. The molecule has 0 bridgehead atoms. The Morgan fingerprint density at radius 3 is 2.57 bits per heavy atom. The summed E-state index contributed by atoms with van der Waals surface area (Å²) >= 11 is 0. The molecule has 1 aromatic heterocycles. The number of carbonyl (C=O) groups is 2. The van der Waals surface area contributed by atoms with Crippen LogP contribution in [0, 0.1) is 17.7 Å². The summed E-state index contributed by atoms with van der Waals surface area (Å²) in [6, 6.07) is 17.9. The molecule has 4 aromatic rings. The van der Waals surface area contributed by atoms with Gasteiger partial charge in [-0.2, -0.15) is 0 Å². The second-order valence-corrected chi connectivity index (χ2v) is 8.79. The van der Waals surface area contributed by atoms with Crippen molar-refractivity contribution in [3.63, 3.8) is 0 Å². The van der Waals surface area contributed by atoms with Crippen molar-refractivity contribution in [1.82, 2.24) is 10.3 Å². The third kappa shape index (κ3) is 4.84. The van der Waals surface area contributed by atoms with Crippen LogP contribution in [0.5, 0.6) is 11.5 Å². The fourth-order valence-corrected chi connectivity index (χ4v) is 4.74. The van der Waals surface area contributed by atoms with Crippen molar-refractivity contribution in [3.8, 4) is 34.5 Å². The number of fused-ring (bicyclic) bond motifs is 1. The fourth-order valence-electron chi connectivity index (χ4n) is 4.74. The van der Waals surface area contributed by atoms with Gasteiger partial charge >= 0.3 is 0 Å². The lowest BCUT2D eigenvalue weighted by Gasteiger charge is -2.22. The summed E-state index contributed by atoms with van der Waals surface area (Å²) in [6.07, 6.45) is 2.39. The summed E-state index contributed by atoms with van der Waals surface area (Å²) in [7, 11) is 0. The SMILES string of the molecule is CC#CC(=O)N[C@H]1CCN(c2c(F)cc(C(N)=O)c3[nH]cc(-c4ccc(Oc5ccccc5)cc4)c23)C1. The highest BCUT2D eigenvalue weighted by Crippen LogP contribution is 2.41. The molecule has 4 N–H and O–H groups in total. The molecular formula is C29H25FN4O3. The maximum Gasteiger partial charge on any atom is 0.296 e. The van der Waals surface area contributed by atoms with Gasteiger partial charge in [-0.1, -0.05) is 36.3 Å². The van der Waals surface area contributed by atoms with Gasteiger partial charge < -0.3 is 25.7 Å². The zero-order chi connectivity index (χ0) is 25.9. The van der Waals surface area contributed by atoms with E-state index in [0.717, 1.165) is 16.9 Å². The number of rotatable bonds is 6. The van der Waals surface area contributed by atoms with E-state index in [4.69, 9.17) is 10.5 Å². The number of ether oxygens (including phenoxy) is 1. The van der Waals surface area contributed by atoms with E-state index in [-0.39, 0.29) is 17.5 Å². The summed E-state index contributed by atoms with van der Waals surface area (Å²) in [5, 5.41) is 3.43. The first-order valence-corrected chi connectivity index (χ1v) is 11.9. The monoisotopic (exact) mass is 496 g/mol. The molecule has 0 aliphatic carbocycles. The maximum absolute atomic E-state index is 15.6. The normalized spacial score (nSPS) is 14.8. The van der Waals surface area contributed by atoms with Crippen molar-refractivity contribution in [2.45, 2.75) is 19.4 Å². The Hall–Kier alpha value is -4.77. The van der Waals surface area contributed by atoms with Crippen LogP contribution in [0.4, 0.5) is 10.1 Å². The van der Waals surface area contributed by atoms with Crippen molar-refractivity contribution in [2.75, 3.05) is 18.0 Å². The number of nitrogens with two attached hydrogens (primary N) is 1. The zero-order valence-electron chi connectivity index (χ0n) is 20.2. The number of para-hydroxylation sites is 1. The Morgan fingerprint density at radius 2 is 1.86 bits per heavy atom. The predicted octanol–water partition coefficient (Wildman–Crippen LogP) is 4.58. The predicted molar refractivity (Wildman–Crippen MR) is 141 cm³/mol. The number of nitrogens with zero attached hydrogens (tertiary/aromatic N) is 1. The Balaban J connectivity index is 1.53. The lowest BCUT2D eigenvalue weighted by molar-refractivity contribution is -0.116. The molecule has 0 saturated carbocycles.